The second-order valence-corrected chi connectivity index (χ2v) is 4.80. The zero-order valence-electron chi connectivity index (χ0n) is 10.8. The molecule has 6 nitrogen and oxygen atoms in total. The standard InChI is InChI=1S/C13H17N5O/c1-9-8-18(7-6-14-9)13-15-12(16-17-13)10-4-2-3-5-11(10)19/h2-5,9,14,19H,6-8H2,1H3,(H,15,16,17)/t9-/m0/s1. The zero-order valence-corrected chi connectivity index (χ0v) is 10.8. The van der Waals surface area contributed by atoms with E-state index in [0.29, 0.717) is 23.4 Å². The number of benzene rings is 1. The van der Waals surface area contributed by atoms with E-state index in [1.807, 2.05) is 12.1 Å². The maximum atomic E-state index is 9.81. The molecule has 1 atom stereocenters. The highest BCUT2D eigenvalue weighted by Gasteiger charge is 2.20. The third kappa shape index (κ3) is 2.39. The van der Waals surface area contributed by atoms with Crippen LogP contribution in [0.4, 0.5) is 5.95 Å². The fourth-order valence-electron chi connectivity index (χ4n) is 2.30. The predicted molar refractivity (Wildman–Crippen MR) is 73.2 cm³/mol. The molecule has 1 aliphatic rings. The number of aromatic amines is 1. The third-order valence-corrected chi connectivity index (χ3v) is 3.28. The second kappa shape index (κ2) is 4.89. The number of aromatic nitrogens is 3. The highest BCUT2D eigenvalue weighted by molar-refractivity contribution is 5.64. The predicted octanol–water partition coefficient (Wildman–Crippen LogP) is 0.975. The second-order valence-electron chi connectivity index (χ2n) is 4.80. The van der Waals surface area contributed by atoms with E-state index in [1.165, 1.54) is 0 Å². The van der Waals surface area contributed by atoms with Crippen LogP contribution in [0.1, 0.15) is 6.92 Å². The minimum absolute atomic E-state index is 0.207. The molecule has 0 bridgehead atoms. The Morgan fingerprint density at radius 3 is 3.00 bits per heavy atom. The van der Waals surface area contributed by atoms with Crippen LogP contribution in [0.2, 0.25) is 0 Å². The Labute approximate surface area is 111 Å². The van der Waals surface area contributed by atoms with Crippen molar-refractivity contribution in [2.24, 2.45) is 0 Å². The average Bonchev–Trinajstić information content (AvgIpc) is 2.89. The van der Waals surface area contributed by atoms with Gasteiger partial charge in [0.1, 0.15) is 5.75 Å². The lowest BCUT2D eigenvalue weighted by molar-refractivity contribution is 0.476. The van der Waals surface area contributed by atoms with Crippen molar-refractivity contribution in [3.8, 4) is 17.1 Å². The molecule has 19 heavy (non-hydrogen) atoms. The van der Waals surface area contributed by atoms with E-state index < -0.39 is 0 Å². The average molecular weight is 259 g/mol. The van der Waals surface area contributed by atoms with Gasteiger partial charge in [-0.25, -0.2) is 0 Å². The summed E-state index contributed by atoms with van der Waals surface area (Å²) in [5.41, 5.74) is 0.671. The van der Waals surface area contributed by atoms with Crippen LogP contribution in [0.15, 0.2) is 24.3 Å². The number of piperazine rings is 1. The SMILES string of the molecule is C[C@H]1CN(c2n[nH]c(-c3ccccc3O)n2)CCN1. The number of H-pyrrole nitrogens is 1. The van der Waals surface area contributed by atoms with Gasteiger partial charge in [-0.1, -0.05) is 12.1 Å². The number of nitrogens with zero attached hydrogens (tertiary/aromatic N) is 3. The molecular formula is C13H17N5O. The Morgan fingerprint density at radius 2 is 2.21 bits per heavy atom. The smallest absolute Gasteiger partial charge is 0.245 e. The van der Waals surface area contributed by atoms with E-state index in [4.69, 9.17) is 0 Å². The van der Waals surface area contributed by atoms with Crippen LogP contribution in [-0.2, 0) is 0 Å². The van der Waals surface area contributed by atoms with Crippen molar-refractivity contribution in [1.29, 1.82) is 0 Å². The van der Waals surface area contributed by atoms with Gasteiger partial charge in [-0.15, -0.1) is 5.10 Å². The van der Waals surface area contributed by atoms with Crippen LogP contribution in [0, 0.1) is 0 Å². The van der Waals surface area contributed by atoms with Gasteiger partial charge in [0.05, 0.1) is 5.56 Å². The Bertz CT molecular complexity index is 568. The lowest BCUT2D eigenvalue weighted by atomic mass is 10.2. The van der Waals surface area contributed by atoms with Gasteiger partial charge in [-0.05, 0) is 19.1 Å². The Balaban J connectivity index is 1.85. The molecule has 100 valence electrons. The highest BCUT2D eigenvalue weighted by Crippen LogP contribution is 2.26. The first kappa shape index (κ1) is 12.0. The van der Waals surface area contributed by atoms with Gasteiger partial charge in [0.2, 0.25) is 5.95 Å². The molecule has 0 aliphatic carbocycles. The van der Waals surface area contributed by atoms with E-state index in [0.717, 1.165) is 19.6 Å². The molecule has 0 amide bonds. The van der Waals surface area contributed by atoms with Gasteiger partial charge >= 0.3 is 0 Å². The number of rotatable bonds is 2. The fourth-order valence-corrected chi connectivity index (χ4v) is 2.30. The molecule has 0 unspecified atom stereocenters. The van der Waals surface area contributed by atoms with Crippen molar-refractivity contribution in [2.45, 2.75) is 13.0 Å². The van der Waals surface area contributed by atoms with E-state index in [2.05, 4.69) is 32.3 Å². The van der Waals surface area contributed by atoms with E-state index in [9.17, 15) is 5.11 Å². The molecule has 3 N–H and O–H groups in total. The largest absolute Gasteiger partial charge is 0.507 e. The first-order valence-corrected chi connectivity index (χ1v) is 6.43. The maximum Gasteiger partial charge on any atom is 0.245 e. The summed E-state index contributed by atoms with van der Waals surface area (Å²) in [6.45, 7) is 4.85. The fraction of sp³-hybridized carbons (Fsp3) is 0.385. The number of nitrogens with one attached hydrogen (secondary N) is 2. The number of phenols is 1. The highest BCUT2D eigenvalue weighted by atomic mass is 16.3. The van der Waals surface area contributed by atoms with Crippen molar-refractivity contribution in [3.63, 3.8) is 0 Å². The maximum absolute atomic E-state index is 9.81. The van der Waals surface area contributed by atoms with E-state index >= 15 is 0 Å². The first-order chi connectivity index (χ1) is 9.24. The van der Waals surface area contributed by atoms with Gasteiger partial charge in [0.15, 0.2) is 5.82 Å². The molecule has 1 saturated heterocycles. The topological polar surface area (TPSA) is 77.1 Å². The number of anilines is 1. The van der Waals surface area contributed by atoms with Gasteiger partial charge in [-0.3, -0.25) is 5.10 Å². The molecule has 1 aromatic carbocycles. The summed E-state index contributed by atoms with van der Waals surface area (Å²) in [6, 6.07) is 7.55. The molecule has 0 radical (unpaired) electrons. The van der Waals surface area contributed by atoms with Gasteiger partial charge in [0.25, 0.3) is 0 Å². The molecule has 3 rings (SSSR count). The van der Waals surface area contributed by atoms with Crippen molar-refractivity contribution >= 4 is 5.95 Å². The molecule has 6 heteroatoms. The van der Waals surface area contributed by atoms with Crippen LogP contribution >= 0.6 is 0 Å². The molecule has 2 aromatic rings. The lowest BCUT2D eigenvalue weighted by Crippen LogP contribution is -2.49. The molecule has 1 aromatic heterocycles. The van der Waals surface area contributed by atoms with Crippen molar-refractivity contribution in [2.75, 3.05) is 24.5 Å². The lowest BCUT2D eigenvalue weighted by Gasteiger charge is -2.30. The van der Waals surface area contributed by atoms with Gasteiger partial charge in [-0.2, -0.15) is 4.98 Å². The summed E-state index contributed by atoms with van der Waals surface area (Å²) in [5, 5.41) is 20.3. The van der Waals surface area contributed by atoms with Crippen LogP contribution < -0.4 is 10.2 Å². The quantitative estimate of drug-likeness (QED) is 0.749. The Kier molecular flexibility index (Phi) is 3.08. The first-order valence-electron chi connectivity index (χ1n) is 6.43. The summed E-state index contributed by atoms with van der Waals surface area (Å²) in [5.74, 6) is 1.49. The van der Waals surface area contributed by atoms with Crippen molar-refractivity contribution < 1.29 is 5.11 Å². The molecule has 1 fully saturated rings. The van der Waals surface area contributed by atoms with Crippen LogP contribution in [-0.4, -0.2) is 46.0 Å². The minimum Gasteiger partial charge on any atom is -0.507 e. The summed E-state index contributed by atoms with van der Waals surface area (Å²) in [7, 11) is 0. The Hall–Kier alpha value is -2.08. The number of aromatic hydroxyl groups is 1. The number of para-hydroxylation sites is 1. The van der Waals surface area contributed by atoms with Crippen LogP contribution in [0.3, 0.4) is 0 Å². The van der Waals surface area contributed by atoms with Crippen LogP contribution in [0.5, 0.6) is 5.75 Å². The Morgan fingerprint density at radius 1 is 1.37 bits per heavy atom. The van der Waals surface area contributed by atoms with Crippen molar-refractivity contribution in [1.82, 2.24) is 20.5 Å². The van der Waals surface area contributed by atoms with E-state index in [1.54, 1.807) is 12.1 Å². The number of hydrogen-bond donors (Lipinski definition) is 3. The summed E-state index contributed by atoms with van der Waals surface area (Å²) < 4.78 is 0. The van der Waals surface area contributed by atoms with Gasteiger partial charge < -0.3 is 15.3 Å². The number of phenolic OH excluding ortho intramolecular Hbond substituents is 1. The molecule has 1 aliphatic heterocycles. The molecule has 0 spiro atoms. The summed E-state index contributed by atoms with van der Waals surface area (Å²) in [6.07, 6.45) is 0. The molecular weight excluding hydrogens is 242 g/mol. The normalized spacial score (nSPS) is 19.6. The minimum atomic E-state index is 0.207. The molecule has 0 saturated carbocycles. The third-order valence-electron chi connectivity index (χ3n) is 3.28. The number of hydrogen-bond acceptors (Lipinski definition) is 5. The van der Waals surface area contributed by atoms with Crippen molar-refractivity contribution in [3.05, 3.63) is 24.3 Å². The monoisotopic (exact) mass is 259 g/mol. The van der Waals surface area contributed by atoms with Crippen LogP contribution in [0.25, 0.3) is 11.4 Å². The summed E-state index contributed by atoms with van der Waals surface area (Å²) >= 11 is 0. The van der Waals surface area contributed by atoms with E-state index in [-0.39, 0.29) is 5.75 Å². The van der Waals surface area contributed by atoms with Gasteiger partial charge in [0, 0.05) is 25.7 Å². The zero-order chi connectivity index (χ0) is 13.2. The molecule has 2 heterocycles. The summed E-state index contributed by atoms with van der Waals surface area (Å²) in [4.78, 5) is 6.61.